The highest BCUT2D eigenvalue weighted by molar-refractivity contribution is 6.30. The molecular weight excluding hydrogens is 366 g/mol. The van der Waals surface area contributed by atoms with Gasteiger partial charge in [0.1, 0.15) is 17.5 Å². The van der Waals surface area contributed by atoms with Crippen LogP contribution in [0.15, 0.2) is 48.7 Å². The Balaban J connectivity index is 1.60. The van der Waals surface area contributed by atoms with Crippen molar-refractivity contribution in [3.8, 4) is 5.75 Å². The molecule has 0 saturated carbocycles. The zero-order valence-electron chi connectivity index (χ0n) is 14.7. The van der Waals surface area contributed by atoms with Gasteiger partial charge in [-0.05, 0) is 42.7 Å². The van der Waals surface area contributed by atoms with Crippen LogP contribution in [0.2, 0.25) is 5.02 Å². The zero-order chi connectivity index (χ0) is 19.2. The number of amides is 2. The molecule has 1 atom stereocenters. The molecule has 1 aromatic carbocycles. The minimum absolute atomic E-state index is 0.0641. The minimum Gasteiger partial charge on any atom is -0.488 e. The normalized spacial score (nSPS) is 17.1. The van der Waals surface area contributed by atoms with Crippen LogP contribution < -0.4 is 10.5 Å². The molecule has 6 nitrogen and oxygen atoms in total. The molecule has 1 aliphatic heterocycles. The number of nitrogens with zero attached hydrogens (tertiary/aromatic N) is 2. The average Bonchev–Trinajstić information content (AvgIpc) is 2.67. The molecule has 2 N–H and O–H groups in total. The Morgan fingerprint density at radius 3 is 2.78 bits per heavy atom. The first-order chi connectivity index (χ1) is 13.0. The molecule has 0 spiro atoms. The molecule has 0 bridgehead atoms. The minimum atomic E-state index is -0.603. The zero-order valence-corrected chi connectivity index (χ0v) is 15.4. The highest BCUT2D eigenvalue weighted by Gasteiger charge is 2.24. The molecular formula is C20H20ClN3O3. The summed E-state index contributed by atoms with van der Waals surface area (Å²) in [5.41, 5.74) is 6.31. The highest BCUT2D eigenvalue weighted by Crippen LogP contribution is 2.19. The van der Waals surface area contributed by atoms with Crippen LogP contribution in [0.25, 0.3) is 6.08 Å². The van der Waals surface area contributed by atoms with Crippen molar-refractivity contribution in [3.05, 3.63) is 65.0 Å². The Kier molecular flexibility index (Phi) is 6.08. The summed E-state index contributed by atoms with van der Waals surface area (Å²) >= 11 is 5.86. The SMILES string of the molecule is NC(=O)c1cc(OC2CCCN(C(=O)/C=C/c3ccc(Cl)cc3)C2)ccn1. The van der Waals surface area contributed by atoms with E-state index in [1.165, 1.54) is 12.3 Å². The van der Waals surface area contributed by atoms with Crippen molar-refractivity contribution in [3.63, 3.8) is 0 Å². The molecule has 2 amide bonds. The molecule has 140 valence electrons. The highest BCUT2D eigenvalue weighted by atomic mass is 35.5. The van der Waals surface area contributed by atoms with Gasteiger partial charge in [0.05, 0.1) is 6.54 Å². The Morgan fingerprint density at radius 2 is 2.04 bits per heavy atom. The van der Waals surface area contributed by atoms with Crippen molar-refractivity contribution >= 4 is 29.5 Å². The van der Waals surface area contributed by atoms with Gasteiger partial charge in [0.15, 0.2) is 0 Å². The van der Waals surface area contributed by atoms with Gasteiger partial charge in [-0.25, -0.2) is 0 Å². The summed E-state index contributed by atoms with van der Waals surface area (Å²) in [5, 5.41) is 0.658. The first-order valence-electron chi connectivity index (χ1n) is 8.66. The van der Waals surface area contributed by atoms with Crippen LogP contribution in [0.4, 0.5) is 0 Å². The van der Waals surface area contributed by atoms with E-state index in [1.54, 1.807) is 35.3 Å². The number of rotatable bonds is 5. The number of benzene rings is 1. The summed E-state index contributed by atoms with van der Waals surface area (Å²) in [6, 6.07) is 10.5. The molecule has 2 aromatic rings. The number of likely N-dealkylation sites (tertiary alicyclic amines) is 1. The smallest absolute Gasteiger partial charge is 0.267 e. The molecule has 27 heavy (non-hydrogen) atoms. The predicted molar refractivity (Wildman–Crippen MR) is 103 cm³/mol. The van der Waals surface area contributed by atoms with Gasteiger partial charge in [-0.3, -0.25) is 14.6 Å². The monoisotopic (exact) mass is 385 g/mol. The van der Waals surface area contributed by atoms with Gasteiger partial charge in [0.2, 0.25) is 5.91 Å². The Hall–Kier alpha value is -2.86. The van der Waals surface area contributed by atoms with E-state index in [9.17, 15) is 9.59 Å². The van der Waals surface area contributed by atoms with Gasteiger partial charge in [-0.1, -0.05) is 23.7 Å². The van der Waals surface area contributed by atoms with E-state index >= 15 is 0 Å². The number of halogens is 1. The number of piperidine rings is 1. The summed E-state index contributed by atoms with van der Waals surface area (Å²) in [7, 11) is 0. The number of carbonyl (C=O) groups is 2. The predicted octanol–water partition coefficient (Wildman–Crippen LogP) is 2.92. The van der Waals surface area contributed by atoms with E-state index in [1.807, 2.05) is 12.1 Å². The van der Waals surface area contributed by atoms with Crippen molar-refractivity contribution in [2.24, 2.45) is 5.73 Å². The number of aromatic nitrogens is 1. The van der Waals surface area contributed by atoms with Crippen molar-refractivity contribution in [2.75, 3.05) is 13.1 Å². The lowest BCUT2D eigenvalue weighted by Gasteiger charge is -2.32. The summed E-state index contributed by atoms with van der Waals surface area (Å²) in [4.78, 5) is 29.4. The van der Waals surface area contributed by atoms with Crippen LogP contribution in [0.5, 0.6) is 5.75 Å². The molecule has 7 heteroatoms. The van der Waals surface area contributed by atoms with Gasteiger partial charge in [0.25, 0.3) is 5.91 Å². The van der Waals surface area contributed by atoms with Crippen LogP contribution in [-0.2, 0) is 4.79 Å². The lowest BCUT2D eigenvalue weighted by atomic mass is 10.1. The number of carbonyl (C=O) groups excluding carboxylic acids is 2. The number of hydrogen-bond acceptors (Lipinski definition) is 4. The molecule has 1 fully saturated rings. The third kappa shape index (κ3) is 5.31. The Labute approximate surface area is 162 Å². The molecule has 0 aliphatic carbocycles. The Morgan fingerprint density at radius 1 is 1.26 bits per heavy atom. The van der Waals surface area contributed by atoms with E-state index in [-0.39, 0.29) is 17.7 Å². The second kappa shape index (κ2) is 8.68. The van der Waals surface area contributed by atoms with Crippen LogP contribution in [0.3, 0.4) is 0 Å². The number of primary amides is 1. The topological polar surface area (TPSA) is 85.5 Å². The van der Waals surface area contributed by atoms with E-state index in [0.29, 0.717) is 23.9 Å². The number of hydrogen-bond donors (Lipinski definition) is 1. The fourth-order valence-electron chi connectivity index (χ4n) is 2.89. The Bertz CT molecular complexity index is 852. The third-order valence-corrected chi connectivity index (χ3v) is 4.52. The maximum atomic E-state index is 12.5. The van der Waals surface area contributed by atoms with Crippen molar-refractivity contribution < 1.29 is 14.3 Å². The molecule has 1 saturated heterocycles. The summed E-state index contributed by atoms with van der Waals surface area (Å²) < 4.78 is 5.92. The molecule has 1 aromatic heterocycles. The number of pyridine rings is 1. The van der Waals surface area contributed by atoms with Gasteiger partial charge < -0.3 is 15.4 Å². The standard InChI is InChI=1S/C20H20ClN3O3/c21-15-6-3-14(4-7-15)5-8-19(25)24-11-1-2-17(13-24)27-16-9-10-23-18(12-16)20(22)26/h3-10,12,17H,1-2,11,13H2,(H2,22,26)/b8-5+. The summed E-state index contributed by atoms with van der Waals surface area (Å²) in [6.45, 7) is 1.17. The van der Waals surface area contributed by atoms with Gasteiger partial charge in [-0.2, -0.15) is 0 Å². The molecule has 0 radical (unpaired) electrons. The molecule has 1 unspecified atom stereocenters. The quantitative estimate of drug-likeness (QED) is 0.802. The van der Waals surface area contributed by atoms with Gasteiger partial charge >= 0.3 is 0 Å². The second-order valence-corrected chi connectivity index (χ2v) is 6.73. The first kappa shape index (κ1) is 18.9. The average molecular weight is 386 g/mol. The van der Waals surface area contributed by atoms with Crippen molar-refractivity contribution in [1.29, 1.82) is 0 Å². The van der Waals surface area contributed by atoms with E-state index in [0.717, 1.165) is 18.4 Å². The van der Waals surface area contributed by atoms with E-state index in [4.69, 9.17) is 22.1 Å². The maximum Gasteiger partial charge on any atom is 0.267 e. The lowest BCUT2D eigenvalue weighted by molar-refractivity contribution is -0.128. The van der Waals surface area contributed by atoms with Crippen molar-refractivity contribution in [2.45, 2.75) is 18.9 Å². The molecule has 3 rings (SSSR count). The summed E-state index contributed by atoms with van der Waals surface area (Å²) in [6.07, 6.45) is 6.34. The number of ether oxygens (including phenoxy) is 1. The first-order valence-corrected chi connectivity index (χ1v) is 9.04. The lowest BCUT2D eigenvalue weighted by Crippen LogP contribution is -2.43. The van der Waals surface area contributed by atoms with Crippen LogP contribution in [0, 0.1) is 0 Å². The van der Waals surface area contributed by atoms with E-state index in [2.05, 4.69) is 4.98 Å². The molecule has 2 heterocycles. The second-order valence-electron chi connectivity index (χ2n) is 6.29. The fourth-order valence-corrected chi connectivity index (χ4v) is 3.02. The fraction of sp³-hybridized carbons (Fsp3) is 0.250. The molecule has 1 aliphatic rings. The summed E-state index contributed by atoms with van der Waals surface area (Å²) in [5.74, 6) is -0.145. The van der Waals surface area contributed by atoms with Crippen LogP contribution in [0.1, 0.15) is 28.9 Å². The number of nitrogens with two attached hydrogens (primary N) is 1. The van der Waals surface area contributed by atoms with Crippen molar-refractivity contribution in [1.82, 2.24) is 9.88 Å². The largest absolute Gasteiger partial charge is 0.488 e. The third-order valence-electron chi connectivity index (χ3n) is 4.26. The van der Waals surface area contributed by atoms with Crippen LogP contribution >= 0.6 is 11.6 Å². The van der Waals surface area contributed by atoms with Crippen LogP contribution in [-0.4, -0.2) is 40.9 Å². The van der Waals surface area contributed by atoms with Gasteiger partial charge in [-0.15, -0.1) is 0 Å². The van der Waals surface area contributed by atoms with E-state index < -0.39 is 5.91 Å². The maximum absolute atomic E-state index is 12.5. The van der Waals surface area contributed by atoms with Gasteiger partial charge in [0, 0.05) is 29.9 Å².